The van der Waals surface area contributed by atoms with Gasteiger partial charge in [-0.15, -0.1) is 0 Å². The number of carbonyl (C=O) groups is 2. The van der Waals surface area contributed by atoms with Crippen molar-refractivity contribution in [2.45, 2.75) is 78.1 Å². The van der Waals surface area contributed by atoms with Crippen LogP contribution in [0, 0.1) is 19.8 Å². The molecule has 48 heavy (non-hydrogen) atoms. The molecular weight excluding hydrogens is 643 g/mol. The third kappa shape index (κ3) is 6.35. The van der Waals surface area contributed by atoms with Gasteiger partial charge in [-0.25, -0.2) is 9.78 Å². The number of quaternary nitrogens is 1. The Morgan fingerprint density at radius 3 is 2.44 bits per heavy atom. The number of aryl methyl sites for hydroxylation is 2. The van der Waals surface area contributed by atoms with Crippen LogP contribution in [-0.4, -0.2) is 74.1 Å². The normalized spacial score (nSPS) is 21.8. The Bertz CT molecular complexity index is 1740. The molecule has 8 nitrogen and oxygen atoms in total. The summed E-state index contributed by atoms with van der Waals surface area (Å²) >= 11 is 6.63. The number of hydrogen-bond donors (Lipinski definition) is 1. The minimum Gasteiger partial charge on any atom is -0.481 e. The second kappa shape index (κ2) is 13.2. The fraction of sp³-hybridized carbons (Fsp3) is 0.444. The van der Waals surface area contributed by atoms with E-state index in [2.05, 4.69) is 16.5 Å². The molecule has 1 unspecified atom stereocenters. The van der Waals surface area contributed by atoms with Gasteiger partial charge >= 0.3 is 18.1 Å². The van der Waals surface area contributed by atoms with Crippen LogP contribution in [0.2, 0.25) is 5.15 Å². The van der Waals surface area contributed by atoms with Crippen molar-refractivity contribution in [1.29, 1.82) is 0 Å². The number of rotatable bonds is 10. The lowest BCUT2D eigenvalue weighted by molar-refractivity contribution is -0.809. The number of carboxylic acids is 1. The lowest BCUT2D eigenvalue weighted by Crippen LogP contribution is -2.62. The fourth-order valence-corrected chi connectivity index (χ4v) is 7.70. The smallest absolute Gasteiger partial charge is 0.416 e. The molecule has 0 aliphatic carbocycles. The van der Waals surface area contributed by atoms with E-state index in [-0.39, 0.29) is 46.8 Å². The number of nitrogens with zero attached hydrogens (tertiary/aromatic N) is 5. The molecule has 1 saturated heterocycles. The first-order valence-electron chi connectivity index (χ1n) is 16.1. The van der Waals surface area contributed by atoms with Crippen molar-refractivity contribution in [3.8, 4) is 11.1 Å². The highest BCUT2D eigenvalue weighted by Crippen LogP contribution is 2.55. The maximum atomic E-state index is 15.2. The summed E-state index contributed by atoms with van der Waals surface area (Å²) in [7, 11) is 3.59. The molecule has 256 valence electrons. The zero-order chi connectivity index (χ0) is 35.3. The van der Waals surface area contributed by atoms with Gasteiger partial charge in [0, 0.05) is 38.0 Å². The highest BCUT2D eigenvalue weighted by Gasteiger charge is 2.63. The van der Waals surface area contributed by atoms with E-state index in [1.54, 1.807) is 43.5 Å². The molecule has 0 aromatic carbocycles. The van der Waals surface area contributed by atoms with Gasteiger partial charge in [-0.2, -0.15) is 17.7 Å². The van der Waals surface area contributed by atoms with Crippen LogP contribution >= 0.6 is 11.6 Å². The summed E-state index contributed by atoms with van der Waals surface area (Å²) in [6, 6.07) is 1.41. The SMILES string of the molecule is C=C1CCC2=C3C=C(C(F)(F)F)C(CCN(C)C)=CN3[C@@H](CC(C)C)C(=O)[N+]12[C@@H](CC(=O)O)c1cc(-c2c(C)cncc2C)cc(Cl)n1. The van der Waals surface area contributed by atoms with Gasteiger partial charge in [-0.1, -0.05) is 25.4 Å². The van der Waals surface area contributed by atoms with Crippen LogP contribution in [0.1, 0.15) is 68.8 Å². The molecule has 0 saturated carbocycles. The van der Waals surface area contributed by atoms with E-state index >= 15 is 4.79 Å². The van der Waals surface area contributed by atoms with E-state index in [0.29, 0.717) is 36.3 Å². The number of carboxylic acid groups (broad SMARTS) is 1. The number of aliphatic carboxylic acids is 1. The molecular formula is C36H42ClF3N5O3+. The average molecular weight is 685 g/mol. The van der Waals surface area contributed by atoms with Crippen molar-refractivity contribution in [2.75, 3.05) is 20.6 Å². The molecule has 3 aliphatic heterocycles. The van der Waals surface area contributed by atoms with Gasteiger partial charge in [0.1, 0.15) is 40.4 Å². The Morgan fingerprint density at radius 2 is 1.85 bits per heavy atom. The van der Waals surface area contributed by atoms with Gasteiger partial charge in [0.2, 0.25) is 0 Å². The van der Waals surface area contributed by atoms with Crippen LogP contribution in [0.15, 0.2) is 71.6 Å². The van der Waals surface area contributed by atoms with Crippen LogP contribution in [-0.2, 0) is 9.59 Å². The fourth-order valence-electron chi connectivity index (χ4n) is 7.48. The van der Waals surface area contributed by atoms with Crippen molar-refractivity contribution < 1.29 is 32.3 Å². The van der Waals surface area contributed by atoms with Crippen molar-refractivity contribution in [3.05, 3.63) is 93.6 Å². The van der Waals surface area contributed by atoms with E-state index in [4.69, 9.17) is 11.6 Å². The van der Waals surface area contributed by atoms with E-state index in [1.807, 2.05) is 32.6 Å². The second-order valence-corrected chi connectivity index (χ2v) is 14.0. The zero-order valence-corrected chi connectivity index (χ0v) is 28.9. The van der Waals surface area contributed by atoms with Gasteiger partial charge < -0.3 is 14.9 Å². The number of halogens is 4. The van der Waals surface area contributed by atoms with Crippen molar-refractivity contribution in [3.63, 3.8) is 0 Å². The van der Waals surface area contributed by atoms with Gasteiger partial charge in [0.25, 0.3) is 0 Å². The molecule has 3 aliphatic rings. The number of alkyl halides is 3. The van der Waals surface area contributed by atoms with Crippen molar-refractivity contribution in [1.82, 2.24) is 19.8 Å². The van der Waals surface area contributed by atoms with Crippen LogP contribution in [0.3, 0.4) is 0 Å². The summed E-state index contributed by atoms with van der Waals surface area (Å²) in [6.45, 7) is 12.4. The van der Waals surface area contributed by atoms with Gasteiger partial charge in [-0.05, 0) is 99.3 Å². The Labute approximate surface area is 284 Å². The highest BCUT2D eigenvalue weighted by molar-refractivity contribution is 6.29. The van der Waals surface area contributed by atoms with Crippen molar-refractivity contribution in [2.24, 2.45) is 5.92 Å². The summed E-state index contributed by atoms with van der Waals surface area (Å²) in [6.07, 6.45) is 1.89. The van der Waals surface area contributed by atoms with E-state index in [1.165, 1.54) is 6.20 Å². The summed E-state index contributed by atoms with van der Waals surface area (Å²) < 4.78 is 43.6. The second-order valence-electron chi connectivity index (χ2n) is 13.6. The quantitative estimate of drug-likeness (QED) is 0.201. The lowest BCUT2D eigenvalue weighted by atomic mass is 9.88. The molecule has 12 heteroatoms. The molecule has 3 atom stereocenters. The molecule has 0 spiro atoms. The molecule has 2 aromatic rings. The predicted octanol–water partition coefficient (Wildman–Crippen LogP) is 7.86. The third-order valence-electron chi connectivity index (χ3n) is 9.47. The molecule has 2 aromatic heterocycles. The van der Waals surface area contributed by atoms with E-state index in [0.717, 1.165) is 22.8 Å². The van der Waals surface area contributed by atoms with Crippen LogP contribution in [0.5, 0.6) is 0 Å². The number of hydrogen-bond acceptors (Lipinski definition) is 6. The van der Waals surface area contributed by atoms with Crippen LogP contribution in [0.25, 0.3) is 11.1 Å². The Morgan fingerprint density at radius 1 is 1.19 bits per heavy atom. The zero-order valence-electron chi connectivity index (χ0n) is 28.2. The topological polar surface area (TPSA) is 86.6 Å². The predicted molar refractivity (Wildman–Crippen MR) is 178 cm³/mol. The Hall–Kier alpha value is -3.80. The number of carbonyl (C=O) groups excluding carboxylic acids is 1. The molecule has 0 radical (unpaired) electrons. The summed E-state index contributed by atoms with van der Waals surface area (Å²) in [4.78, 5) is 40.2. The standard InChI is InChI=1S/C36H41ClF3N5O3/c1-20(2)12-29-35(48)45(31(16-33(46)47)27-13-25(14-32(37)42-27)34-21(3)17-41-18-22(34)4)23(5)8-9-30(45)28-15-26(36(38,39)40)24(19-44(28)29)10-11-43(6)7/h13-15,17-20,29,31H,5,8-12,16H2,1-4,6-7H3/p+1/t29-,31-,45?/m0/s1. The van der Waals surface area contributed by atoms with E-state index in [9.17, 15) is 23.1 Å². The van der Waals surface area contributed by atoms with Crippen LogP contribution in [0.4, 0.5) is 13.2 Å². The average Bonchev–Trinajstić information content (AvgIpc) is 3.33. The molecule has 0 bridgehead atoms. The largest absolute Gasteiger partial charge is 0.481 e. The lowest BCUT2D eigenvalue weighted by Gasteiger charge is -2.49. The molecule has 5 rings (SSSR count). The number of pyridine rings is 2. The molecule has 1 fully saturated rings. The Balaban J connectivity index is 1.81. The van der Waals surface area contributed by atoms with Crippen molar-refractivity contribution >= 4 is 23.5 Å². The summed E-state index contributed by atoms with van der Waals surface area (Å²) in [5, 5.41) is 10.4. The first kappa shape index (κ1) is 35.5. The molecule has 5 heterocycles. The summed E-state index contributed by atoms with van der Waals surface area (Å²) in [5.74, 6) is -1.52. The number of fused-ring (bicyclic) bond motifs is 2. The van der Waals surface area contributed by atoms with Gasteiger partial charge in [-0.3, -0.25) is 9.78 Å². The Kier molecular flexibility index (Phi) is 9.80. The third-order valence-corrected chi connectivity index (χ3v) is 9.67. The first-order chi connectivity index (χ1) is 22.5. The van der Waals surface area contributed by atoms with Gasteiger partial charge in [0.15, 0.2) is 6.04 Å². The number of amides is 1. The number of allylic oxidation sites excluding steroid dienone is 4. The minimum absolute atomic E-state index is 0.00394. The summed E-state index contributed by atoms with van der Waals surface area (Å²) in [5.41, 5.74) is 3.91. The first-order valence-corrected chi connectivity index (χ1v) is 16.4. The molecule has 1 amide bonds. The van der Waals surface area contributed by atoms with E-state index < -0.39 is 40.7 Å². The molecule has 1 N–H and O–H groups in total. The highest BCUT2D eigenvalue weighted by atomic mass is 35.5. The van der Waals surface area contributed by atoms with Crippen LogP contribution < -0.4 is 0 Å². The monoisotopic (exact) mass is 684 g/mol. The maximum Gasteiger partial charge on any atom is 0.416 e. The minimum atomic E-state index is -4.65. The number of aromatic nitrogens is 2. The van der Waals surface area contributed by atoms with Gasteiger partial charge in [0.05, 0.1) is 5.57 Å². The maximum absolute atomic E-state index is 15.2.